The van der Waals surface area contributed by atoms with E-state index in [-0.39, 0.29) is 5.41 Å². The zero-order valence-electron chi connectivity index (χ0n) is 8.81. The van der Waals surface area contributed by atoms with Gasteiger partial charge in [0.1, 0.15) is 0 Å². The van der Waals surface area contributed by atoms with Crippen molar-refractivity contribution in [2.24, 2.45) is 5.41 Å². The molecule has 2 unspecified atom stereocenters. The summed E-state index contributed by atoms with van der Waals surface area (Å²) in [6.45, 7) is 10.8. The number of nitrogens with zero attached hydrogens (tertiary/aromatic N) is 1. The van der Waals surface area contributed by atoms with Crippen molar-refractivity contribution in [2.75, 3.05) is 0 Å². The highest BCUT2D eigenvalue weighted by Crippen LogP contribution is 2.19. The van der Waals surface area contributed by atoms with Crippen molar-refractivity contribution in [2.45, 2.75) is 53.1 Å². The molecule has 1 N–H and O–H groups in total. The normalized spacial score (nSPS) is 16.7. The van der Waals surface area contributed by atoms with Crippen LogP contribution in [0.15, 0.2) is 0 Å². The van der Waals surface area contributed by atoms with E-state index < -0.39 is 0 Å². The average Bonchev–Trinajstić information content (AvgIpc) is 1.85. The van der Waals surface area contributed by atoms with E-state index in [1.165, 1.54) is 0 Å². The van der Waals surface area contributed by atoms with Crippen LogP contribution < -0.4 is 5.32 Å². The first-order valence-electron chi connectivity index (χ1n) is 4.51. The van der Waals surface area contributed by atoms with Crippen molar-refractivity contribution < 1.29 is 0 Å². The van der Waals surface area contributed by atoms with Gasteiger partial charge in [0.25, 0.3) is 0 Å². The highest BCUT2D eigenvalue weighted by atomic mass is 14.9. The molecule has 0 spiro atoms. The first kappa shape index (κ1) is 11.4. The standard InChI is InChI=1S/C10H20N2/c1-8(6-7-11)12-9(2)10(3,4)5/h8-9,12H,6H2,1-5H3. The maximum Gasteiger partial charge on any atom is 0.0638 e. The van der Waals surface area contributed by atoms with Gasteiger partial charge in [0.2, 0.25) is 0 Å². The summed E-state index contributed by atoms with van der Waals surface area (Å²) in [5, 5.41) is 11.9. The van der Waals surface area contributed by atoms with E-state index in [1.807, 2.05) is 6.92 Å². The molecule has 0 aromatic rings. The lowest BCUT2D eigenvalue weighted by Gasteiger charge is -2.30. The first-order chi connectivity index (χ1) is 5.38. The Bertz CT molecular complexity index is 162. The Hall–Kier alpha value is -0.550. The monoisotopic (exact) mass is 168 g/mol. The number of nitriles is 1. The fourth-order valence-corrected chi connectivity index (χ4v) is 0.873. The minimum Gasteiger partial charge on any atom is -0.310 e. The molecule has 2 nitrogen and oxygen atoms in total. The van der Waals surface area contributed by atoms with E-state index >= 15 is 0 Å². The summed E-state index contributed by atoms with van der Waals surface area (Å²) in [5.74, 6) is 0. The highest BCUT2D eigenvalue weighted by molar-refractivity contribution is 4.83. The van der Waals surface area contributed by atoms with Gasteiger partial charge in [-0.1, -0.05) is 20.8 Å². The van der Waals surface area contributed by atoms with Crippen LogP contribution in [0.1, 0.15) is 41.0 Å². The Labute approximate surface area is 76.0 Å². The lowest BCUT2D eigenvalue weighted by Crippen LogP contribution is -2.42. The van der Waals surface area contributed by atoms with Crippen LogP contribution in [0.4, 0.5) is 0 Å². The molecule has 0 aliphatic rings. The van der Waals surface area contributed by atoms with E-state index in [0.717, 1.165) is 0 Å². The second-order valence-electron chi connectivity index (χ2n) is 4.52. The van der Waals surface area contributed by atoms with Crippen molar-refractivity contribution in [3.8, 4) is 6.07 Å². The molecule has 0 amide bonds. The van der Waals surface area contributed by atoms with Crippen LogP contribution in [0, 0.1) is 16.7 Å². The maximum absolute atomic E-state index is 8.46. The Morgan fingerprint density at radius 3 is 2.17 bits per heavy atom. The predicted octanol–water partition coefficient (Wildman–Crippen LogP) is 2.31. The molecule has 70 valence electrons. The van der Waals surface area contributed by atoms with Gasteiger partial charge >= 0.3 is 0 Å². The summed E-state index contributed by atoms with van der Waals surface area (Å²) in [5.41, 5.74) is 0.268. The minimum atomic E-state index is 0.268. The molecule has 0 bridgehead atoms. The summed E-state index contributed by atoms with van der Waals surface area (Å²) < 4.78 is 0. The van der Waals surface area contributed by atoms with Crippen molar-refractivity contribution >= 4 is 0 Å². The zero-order chi connectivity index (χ0) is 9.78. The van der Waals surface area contributed by atoms with Crippen molar-refractivity contribution in [3.63, 3.8) is 0 Å². The summed E-state index contributed by atoms with van der Waals surface area (Å²) in [6, 6.07) is 2.90. The number of rotatable bonds is 3. The molecule has 0 aliphatic heterocycles. The van der Waals surface area contributed by atoms with Crippen LogP contribution in [0.3, 0.4) is 0 Å². The van der Waals surface area contributed by atoms with E-state index in [4.69, 9.17) is 5.26 Å². The topological polar surface area (TPSA) is 35.8 Å². The van der Waals surface area contributed by atoms with Crippen molar-refractivity contribution in [1.82, 2.24) is 5.32 Å². The van der Waals surface area contributed by atoms with Gasteiger partial charge in [0, 0.05) is 12.1 Å². The molecule has 0 aliphatic carbocycles. The van der Waals surface area contributed by atoms with E-state index in [1.54, 1.807) is 0 Å². The molecular formula is C10H20N2. The van der Waals surface area contributed by atoms with Gasteiger partial charge in [-0.2, -0.15) is 5.26 Å². The summed E-state index contributed by atoms with van der Waals surface area (Å²) in [7, 11) is 0. The molecule has 0 fully saturated rings. The van der Waals surface area contributed by atoms with Gasteiger partial charge in [-0.25, -0.2) is 0 Å². The van der Waals surface area contributed by atoms with Crippen LogP contribution >= 0.6 is 0 Å². The van der Waals surface area contributed by atoms with Gasteiger partial charge in [-0.15, -0.1) is 0 Å². The third-order valence-electron chi connectivity index (χ3n) is 2.23. The number of hydrogen-bond acceptors (Lipinski definition) is 2. The van der Waals surface area contributed by atoms with Crippen molar-refractivity contribution in [1.29, 1.82) is 5.26 Å². The predicted molar refractivity (Wildman–Crippen MR) is 51.7 cm³/mol. The van der Waals surface area contributed by atoms with Gasteiger partial charge < -0.3 is 5.32 Å². The highest BCUT2D eigenvalue weighted by Gasteiger charge is 2.20. The molecule has 0 saturated carbocycles. The van der Waals surface area contributed by atoms with Gasteiger partial charge in [0.05, 0.1) is 12.5 Å². The van der Waals surface area contributed by atoms with Gasteiger partial charge in [0.15, 0.2) is 0 Å². The SMILES string of the molecule is CC(CC#N)NC(C)C(C)(C)C. The fourth-order valence-electron chi connectivity index (χ4n) is 0.873. The second kappa shape index (κ2) is 4.47. The smallest absolute Gasteiger partial charge is 0.0638 e. The van der Waals surface area contributed by atoms with Gasteiger partial charge in [-0.3, -0.25) is 0 Å². The van der Waals surface area contributed by atoms with E-state index in [0.29, 0.717) is 18.5 Å². The van der Waals surface area contributed by atoms with Crippen LogP contribution in [-0.4, -0.2) is 12.1 Å². The van der Waals surface area contributed by atoms with Crippen molar-refractivity contribution in [3.05, 3.63) is 0 Å². The summed E-state index contributed by atoms with van der Waals surface area (Å²) in [4.78, 5) is 0. The van der Waals surface area contributed by atoms with Crippen LogP contribution in [0.25, 0.3) is 0 Å². The third-order valence-corrected chi connectivity index (χ3v) is 2.23. The second-order valence-corrected chi connectivity index (χ2v) is 4.52. The molecule has 0 heterocycles. The Morgan fingerprint density at radius 2 is 1.83 bits per heavy atom. The molecular weight excluding hydrogens is 148 g/mol. The molecule has 0 rings (SSSR count). The van der Waals surface area contributed by atoms with E-state index in [2.05, 4.69) is 39.1 Å². The third kappa shape index (κ3) is 4.35. The lowest BCUT2D eigenvalue weighted by atomic mass is 9.87. The van der Waals surface area contributed by atoms with Crippen LogP contribution in [0.5, 0.6) is 0 Å². The quantitative estimate of drug-likeness (QED) is 0.702. The Balaban J connectivity index is 3.86. The van der Waals surface area contributed by atoms with Crippen LogP contribution in [-0.2, 0) is 0 Å². The van der Waals surface area contributed by atoms with Crippen LogP contribution in [0.2, 0.25) is 0 Å². The van der Waals surface area contributed by atoms with E-state index in [9.17, 15) is 0 Å². The Morgan fingerprint density at radius 1 is 1.33 bits per heavy atom. The average molecular weight is 168 g/mol. The summed E-state index contributed by atoms with van der Waals surface area (Å²) in [6.07, 6.45) is 0.584. The Kier molecular flexibility index (Phi) is 4.26. The summed E-state index contributed by atoms with van der Waals surface area (Å²) >= 11 is 0. The molecule has 0 radical (unpaired) electrons. The molecule has 0 aromatic carbocycles. The molecule has 0 saturated heterocycles. The fraction of sp³-hybridized carbons (Fsp3) is 0.900. The zero-order valence-corrected chi connectivity index (χ0v) is 8.81. The largest absolute Gasteiger partial charge is 0.310 e. The molecule has 12 heavy (non-hydrogen) atoms. The number of hydrogen-bond donors (Lipinski definition) is 1. The molecule has 0 aromatic heterocycles. The van der Waals surface area contributed by atoms with Gasteiger partial charge in [-0.05, 0) is 19.3 Å². The molecule has 2 atom stereocenters. The number of nitrogens with one attached hydrogen (secondary N) is 1. The maximum atomic E-state index is 8.46. The first-order valence-corrected chi connectivity index (χ1v) is 4.51. The lowest BCUT2D eigenvalue weighted by molar-refractivity contribution is 0.268. The molecule has 2 heteroatoms. The minimum absolute atomic E-state index is 0.268.